The number of anilines is 2. The molecule has 5 nitrogen and oxygen atoms in total. The van der Waals surface area contributed by atoms with Gasteiger partial charge in [0.1, 0.15) is 5.82 Å². The van der Waals surface area contributed by atoms with Crippen LogP contribution in [0, 0.1) is 0 Å². The molecule has 6 heteroatoms. The van der Waals surface area contributed by atoms with Crippen molar-refractivity contribution in [2.45, 2.75) is 19.4 Å². The summed E-state index contributed by atoms with van der Waals surface area (Å²) < 4.78 is 0. The number of nitrogen functional groups attached to an aromatic ring is 1. The van der Waals surface area contributed by atoms with Crippen molar-refractivity contribution >= 4 is 28.7 Å². The molecular formula is C14H18N4OS. The van der Waals surface area contributed by atoms with Gasteiger partial charge in [-0.3, -0.25) is 4.79 Å². The molecule has 1 atom stereocenters. The molecule has 1 amide bonds. The van der Waals surface area contributed by atoms with Gasteiger partial charge in [0.15, 0.2) is 0 Å². The molecule has 0 aromatic carbocycles. The molecule has 0 saturated carbocycles. The fourth-order valence-electron chi connectivity index (χ4n) is 1.94. The van der Waals surface area contributed by atoms with Crippen molar-refractivity contribution < 1.29 is 4.79 Å². The minimum atomic E-state index is -0.537. The van der Waals surface area contributed by atoms with Gasteiger partial charge in [-0.2, -0.15) is 0 Å². The highest BCUT2D eigenvalue weighted by Gasteiger charge is 2.15. The van der Waals surface area contributed by atoms with Crippen LogP contribution < -0.4 is 16.4 Å². The maximum absolute atomic E-state index is 11.3. The van der Waals surface area contributed by atoms with Crippen molar-refractivity contribution in [3.63, 3.8) is 0 Å². The average molecular weight is 290 g/mol. The quantitative estimate of drug-likeness (QED) is 0.880. The highest BCUT2D eigenvalue weighted by Crippen LogP contribution is 2.21. The number of aromatic nitrogens is 1. The zero-order valence-electron chi connectivity index (χ0n) is 11.5. The topological polar surface area (TPSA) is 85.2 Å². The Bertz CT molecular complexity index is 597. The first-order valence-electron chi connectivity index (χ1n) is 6.29. The van der Waals surface area contributed by atoms with Gasteiger partial charge in [0.2, 0.25) is 0 Å². The van der Waals surface area contributed by atoms with Crippen LogP contribution in [0.4, 0.5) is 11.5 Å². The Labute approximate surface area is 122 Å². The largest absolute Gasteiger partial charge is 0.397 e. The van der Waals surface area contributed by atoms with Crippen LogP contribution in [-0.4, -0.2) is 24.0 Å². The first-order chi connectivity index (χ1) is 9.49. The van der Waals surface area contributed by atoms with Gasteiger partial charge in [0, 0.05) is 24.4 Å². The Kier molecular flexibility index (Phi) is 4.24. The smallest absolute Gasteiger partial charge is 0.250 e. The zero-order valence-corrected chi connectivity index (χ0v) is 12.4. The molecule has 0 aliphatic rings. The summed E-state index contributed by atoms with van der Waals surface area (Å²) in [5, 5.41) is 2.06. The predicted octanol–water partition coefficient (Wildman–Crippen LogP) is 1.89. The summed E-state index contributed by atoms with van der Waals surface area (Å²) in [6, 6.07) is 6.05. The molecule has 2 rings (SSSR count). The van der Waals surface area contributed by atoms with E-state index in [0.29, 0.717) is 17.1 Å². The standard InChI is InChI=1S/C14H18N4OS/c1-9(6-10-4-3-5-20-10)18(2)13-7-11(14(16)19)12(15)8-17-13/h3-5,7-9H,6,15H2,1-2H3,(H2,16,19). The van der Waals surface area contributed by atoms with Crippen LogP contribution in [0.5, 0.6) is 0 Å². The number of hydrogen-bond acceptors (Lipinski definition) is 5. The van der Waals surface area contributed by atoms with E-state index in [1.807, 2.05) is 18.0 Å². The molecule has 106 valence electrons. The third-order valence-electron chi connectivity index (χ3n) is 3.29. The van der Waals surface area contributed by atoms with E-state index in [1.165, 1.54) is 11.1 Å². The first-order valence-corrected chi connectivity index (χ1v) is 7.17. The van der Waals surface area contributed by atoms with Crippen molar-refractivity contribution in [3.8, 4) is 0 Å². The predicted molar refractivity (Wildman–Crippen MR) is 83.1 cm³/mol. The highest BCUT2D eigenvalue weighted by molar-refractivity contribution is 7.09. The third-order valence-corrected chi connectivity index (χ3v) is 4.18. The minimum absolute atomic E-state index is 0.255. The molecule has 0 bridgehead atoms. The van der Waals surface area contributed by atoms with E-state index >= 15 is 0 Å². The normalized spacial score (nSPS) is 12.1. The highest BCUT2D eigenvalue weighted by atomic mass is 32.1. The van der Waals surface area contributed by atoms with E-state index in [-0.39, 0.29) is 6.04 Å². The first kappa shape index (κ1) is 14.3. The summed E-state index contributed by atoms with van der Waals surface area (Å²) >= 11 is 1.73. The van der Waals surface area contributed by atoms with Crippen molar-refractivity contribution in [2.75, 3.05) is 17.7 Å². The van der Waals surface area contributed by atoms with Gasteiger partial charge >= 0.3 is 0 Å². The van der Waals surface area contributed by atoms with Crippen LogP contribution in [0.3, 0.4) is 0 Å². The molecular weight excluding hydrogens is 272 g/mol. The summed E-state index contributed by atoms with van der Waals surface area (Å²) in [4.78, 5) is 18.9. The summed E-state index contributed by atoms with van der Waals surface area (Å²) in [7, 11) is 1.95. The van der Waals surface area contributed by atoms with E-state index in [0.717, 1.165) is 6.42 Å². The van der Waals surface area contributed by atoms with Crippen molar-refractivity contribution in [1.29, 1.82) is 0 Å². The third kappa shape index (κ3) is 3.08. The lowest BCUT2D eigenvalue weighted by molar-refractivity contribution is 0.100. The average Bonchev–Trinajstić information content (AvgIpc) is 2.91. The van der Waals surface area contributed by atoms with Crippen LogP contribution >= 0.6 is 11.3 Å². The maximum Gasteiger partial charge on any atom is 0.250 e. The van der Waals surface area contributed by atoms with Crippen LogP contribution in [0.15, 0.2) is 29.8 Å². The molecule has 0 fully saturated rings. The number of thiophene rings is 1. The molecule has 20 heavy (non-hydrogen) atoms. The van der Waals surface area contributed by atoms with Gasteiger partial charge in [0.05, 0.1) is 17.4 Å². The maximum atomic E-state index is 11.3. The van der Waals surface area contributed by atoms with Gasteiger partial charge in [-0.15, -0.1) is 11.3 Å². The molecule has 2 aromatic heterocycles. The Balaban J connectivity index is 2.18. The number of likely N-dealkylation sites (N-methyl/N-ethyl adjacent to an activating group) is 1. The summed E-state index contributed by atoms with van der Waals surface area (Å²) in [6.07, 6.45) is 2.40. The summed E-state index contributed by atoms with van der Waals surface area (Å²) in [5.41, 5.74) is 11.6. The number of hydrogen-bond donors (Lipinski definition) is 2. The molecule has 0 radical (unpaired) electrons. The summed E-state index contributed by atoms with van der Waals surface area (Å²) in [5.74, 6) is 0.155. The number of nitrogens with two attached hydrogens (primary N) is 2. The lowest BCUT2D eigenvalue weighted by Crippen LogP contribution is -2.31. The number of pyridine rings is 1. The molecule has 4 N–H and O–H groups in total. The van der Waals surface area contributed by atoms with Gasteiger partial charge in [-0.1, -0.05) is 6.07 Å². The lowest BCUT2D eigenvalue weighted by atomic mass is 10.1. The summed E-state index contributed by atoms with van der Waals surface area (Å²) in [6.45, 7) is 2.11. The number of carbonyl (C=O) groups excluding carboxylic acids is 1. The number of amides is 1. The van der Waals surface area contributed by atoms with E-state index in [4.69, 9.17) is 11.5 Å². The second-order valence-electron chi connectivity index (χ2n) is 4.74. The van der Waals surface area contributed by atoms with E-state index in [2.05, 4.69) is 23.4 Å². The number of nitrogens with zero attached hydrogens (tertiary/aromatic N) is 2. The van der Waals surface area contributed by atoms with Gasteiger partial charge in [-0.05, 0) is 24.4 Å². The zero-order chi connectivity index (χ0) is 14.7. The monoisotopic (exact) mass is 290 g/mol. The molecule has 0 aliphatic carbocycles. The molecule has 2 heterocycles. The molecule has 2 aromatic rings. The molecule has 0 aliphatic heterocycles. The second kappa shape index (κ2) is 5.92. The lowest BCUT2D eigenvalue weighted by Gasteiger charge is -2.26. The van der Waals surface area contributed by atoms with Crippen molar-refractivity contribution in [1.82, 2.24) is 4.98 Å². The Hall–Kier alpha value is -2.08. The van der Waals surface area contributed by atoms with Gasteiger partial charge in [-0.25, -0.2) is 4.98 Å². The molecule has 0 spiro atoms. The number of rotatable bonds is 5. The van der Waals surface area contributed by atoms with Gasteiger partial charge < -0.3 is 16.4 Å². The van der Waals surface area contributed by atoms with Gasteiger partial charge in [0.25, 0.3) is 5.91 Å². The van der Waals surface area contributed by atoms with Crippen LogP contribution in [-0.2, 0) is 6.42 Å². The Morgan fingerprint density at radius 2 is 2.30 bits per heavy atom. The SMILES string of the molecule is CC(Cc1cccs1)N(C)c1cc(C(N)=O)c(N)cn1. The fourth-order valence-corrected chi connectivity index (χ4v) is 2.77. The Morgan fingerprint density at radius 3 is 2.90 bits per heavy atom. The van der Waals surface area contributed by atoms with Crippen molar-refractivity contribution in [3.05, 3.63) is 40.2 Å². The number of carbonyl (C=O) groups is 1. The second-order valence-corrected chi connectivity index (χ2v) is 5.77. The van der Waals surface area contributed by atoms with Crippen LogP contribution in [0.2, 0.25) is 0 Å². The van der Waals surface area contributed by atoms with E-state index in [1.54, 1.807) is 17.4 Å². The van der Waals surface area contributed by atoms with Crippen molar-refractivity contribution in [2.24, 2.45) is 5.73 Å². The van der Waals surface area contributed by atoms with Crippen LogP contribution in [0.1, 0.15) is 22.2 Å². The number of primary amides is 1. The fraction of sp³-hybridized carbons (Fsp3) is 0.286. The van der Waals surface area contributed by atoms with E-state index in [9.17, 15) is 4.79 Å². The Morgan fingerprint density at radius 1 is 1.55 bits per heavy atom. The minimum Gasteiger partial charge on any atom is -0.397 e. The molecule has 0 saturated heterocycles. The molecule has 1 unspecified atom stereocenters. The van der Waals surface area contributed by atoms with E-state index < -0.39 is 5.91 Å². The van der Waals surface area contributed by atoms with Crippen LogP contribution in [0.25, 0.3) is 0 Å².